The van der Waals surface area contributed by atoms with Gasteiger partial charge in [-0.2, -0.15) is 0 Å². The number of nitrogens with two attached hydrogens (primary N) is 1. The van der Waals surface area contributed by atoms with Crippen molar-refractivity contribution >= 4 is 23.2 Å². The van der Waals surface area contributed by atoms with E-state index in [4.69, 9.17) is 5.73 Å². The predicted molar refractivity (Wildman–Crippen MR) is 138 cm³/mol. The number of amides is 2. The summed E-state index contributed by atoms with van der Waals surface area (Å²) in [5, 5.41) is 5.40. The zero-order valence-electron chi connectivity index (χ0n) is 21.1. The summed E-state index contributed by atoms with van der Waals surface area (Å²) in [6, 6.07) is 4.28. The van der Waals surface area contributed by atoms with Gasteiger partial charge >= 0.3 is 0 Å². The molecule has 4 rings (SSSR count). The lowest BCUT2D eigenvalue weighted by Crippen LogP contribution is -2.58. The van der Waals surface area contributed by atoms with Crippen LogP contribution >= 0.6 is 11.3 Å². The van der Waals surface area contributed by atoms with Crippen LogP contribution in [0.4, 0.5) is 0 Å². The molecule has 1 aromatic rings. The van der Waals surface area contributed by atoms with E-state index in [0.29, 0.717) is 36.9 Å². The number of piperidine rings is 1. The average molecular weight is 489 g/mol. The molecular formula is C27H44N4O2S. The van der Waals surface area contributed by atoms with Crippen LogP contribution in [0.1, 0.15) is 70.1 Å². The van der Waals surface area contributed by atoms with Gasteiger partial charge in [0.1, 0.15) is 6.04 Å². The molecule has 1 saturated heterocycles. The van der Waals surface area contributed by atoms with Gasteiger partial charge in [-0.1, -0.05) is 26.3 Å². The highest BCUT2D eigenvalue weighted by Gasteiger charge is 2.43. The Morgan fingerprint density at radius 2 is 1.97 bits per heavy atom. The third-order valence-electron chi connectivity index (χ3n) is 7.93. The first-order chi connectivity index (χ1) is 16.4. The highest BCUT2D eigenvalue weighted by molar-refractivity contribution is 7.09. The molecule has 3 aliphatic rings. The highest BCUT2D eigenvalue weighted by Crippen LogP contribution is 2.35. The average Bonchev–Trinajstić information content (AvgIpc) is 3.57. The van der Waals surface area contributed by atoms with Crippen LogP contribution in [0.25, 0.3) is 0 Å². The normalized spacial score (nSPS) is 27.9. The molecule has 190 valence electrons. The number of nitrogens with zero attached hydrogens (tertiary/aromatic N) is 2. The highest BCUT2D eigenvalue weighted by atomic mass is 32.1. The smallest absolute Gasteiger partial charge is 0.242 e. The minimum absolute atomic E-state index is 0.0502. The number of likely N-dealkylation sites (tertiary alicyclic amines) is 1. The lowest BCUT2D eigenvalue weighted by atomic mass is 9.81. The first-order valence-electron chi connectivity index (χ1n) is 13.5. The molecule has 7 heteroatoms. The number of hydrogen-bond donors (Lipinski definition) is 2. The second kappa shape index (κ2) is 12.0. The lowest BCUT2D eigenvalue weighted by molar-refractivity contribution is -0.145. The van der Waals surface area contributed by atoms with Crippen LogP contribution in [-0.2, 0) is 16.1 Å². The summed E-state index contributed by atoms with van der Waals surface area (Å²) < 4.78 is 0. The molecule has 0 bridgehead atoms. The molecule has 1 aliphatic heterocycles. The van der Waals surface area contributed by atoms with E-state index in [-0.39, 0.29) is 23.8 Å². The van der Waals surface area contributed by atoms with Crippen molar-refractivity contribution in [3.05, 3.63) is 22.4 Å². The van der Waals surface area contributed by atoms with Crippen LogP contribution in [0.3, 0.4) is 0 Å². The monoisotopic (exact) mass is 488 g/mol. The Kier molecular flexibility index (Phi) is 9.05. The molecule has 0 radical (unpaired) electrons. The van der Waals surface area contributed by atoms with Crippen LogP contribution in [0.2, 0.25) is 0 Å². The van der Waals surface area contributed by atoms with Crippen molar-refractivity contribution in [2.45, 2.75) is 83.8 Å². The number of rotatable bonds is 10. The molecule has 3 fully saturated rings. The van der Waals surface area contributed by atoms with Gasteiger partial charge in [0.25, 0.3) is 0 Å². The Bertz CT molecular complexity index is 795. The molecule has 2 saturated carbocycles. The standard InChI is InChI=1S/C27H44N4O2S/c1-19(2)17-30(18-24-7-4-12-34-24)23-10-11-31(27(33)22-8-9-22)25(14-23)26(32)29-16-21-6-3-5-20(13-21)15-28/h4,7,12,19-23,25H,3,5-6,8-11,13-18,28H2,1-2H3,(H,29,32)/t20?,21?,23?,25-/m1/s1. The second-order valence-electron chi connectivity index (χ2n) is 11.3. The maximum atomic E-state index is 13.5. The fourth-order valence-electron chi connectivity index (χ4n) is 5.93. The molecule has 0 aromatic carbocycles. The largest absolute Gasteiger partial charge is 0.354 e. The topological polar surface area (TPSA) is 78.7 Å². The number of hydrogen-bond acceptors (Lipinski definition) is 5. The number of thiophene rings is 1. The zero-order chi connectivity index (χ0) is 24.1. The fraction of sp³-hybridized carbons (Fsp3) is 0.778. The van der Waals surface area contributed by atoms with E-state index in [1.165, 1.54) is 17.7 Å². The van der Waals surface area contributed by atoms with Crippen molar-refractivity contribution in [2.75, 3.05) is 26.2 Å². The molecule has 4 atom stereocenters. The minimum Gasteiger partial charge on any atom is -0.354 e. The summed E-state index contributed by atoms with van der Waals surface area (Å²) in [5.74, 6) is 2.05. The molecule has 1 aromatic heterocycles. The van der Waals surface area contributed by atoms with Gasteiger partial charge in [0, 0.05) is 43.0 Å². The van der Waals surface area contributed by atoms with Gasteiger partial charge in [0.2, 0.25) is 11.8 Å². The maximum Gasteiger partial charge on any atom is 0.242 e. The van der Waals surface area contributed by atoms with Crippen molar-refractivity contribution in [1.82, 2.24) is 15.1 Å². The number of carbonyl (C=O) groups is 2. The molecular weight excluding hydrogens is 444 g/mol. The van der Waals surface area contributed by atoms with Crippen molar-refractivity contribution in [3.63, 3.8) is 0 Å². The van der Waals surface area contributed by atoms with E-state index in [2.05, 4.69) is 41.6 Å². The van der Waals surface area contributed by atoms with E-state index in [0.717, 1.165) is 58.2 Å². The SMILES string of the molecule is CC(C)CN(Cc1cccs1)C1CCN(C(=O)C2CC2)[C@@H](C(=O)NCC2CCCC(CN)C2)C1. The Morgan fingerprint density at radius 1 is 1.18 bits per heavy atom. The summed E-state index contributed by atoms with van der Waals surface area (Å²) in [6.45, 7) is 8.60. The van der Waals surface area contributed by atoms with Gasteiger partial charge in [-0.25, -0.2) is 0 Å². The molecule has 2 heterocycles. The molecule has 34 heavy (non-hydrogen) atoms. The van der Waals surface area contributed by atoms with Crippen LogP contribution in [0.15, 0.2) is 17.5 Å². The van der Waals surface area contributed by atoms with Crippen LogP contribution in [-0.4, -0.2) is 59.9 Å². The summed E-state index contributed by atoms with van der Waals surface area (Å²) in [4.78, 5) is 32.5. The summed E-state index contributed by atoms with van der Waals surface area (Å²) >= 11 is 1.80. The van der Waals surface area contributed by atoms with Gasteiger partial charge in [-0.15, -0.1) is 11.3 Å². The molecule has 2 amide bonds. The zero-order valence-corrected chi connectivity index (χ0v) is 21.9. The molecule has 3 N–H and O–H groups in total. The van der Waals surface area contributed by atoms with E-state index < -0.39 is 0 Å². The predicted octanol–water partition coefficient (Wildman–Crippen LogP) is 3.86. The summed E-state index contributed by atoms with van der Waals surface area (Å²) in [7, 11) is 0. The number of nitrogens with one attached hydrogen (secondary N) is 1. The van der Waals surface area contributed by atoms with Crippen LogP contribution in [0.5, 0.6) is 0 Å². The molecule has 0 spiro atoms. The second-order valence-corrected chi connectivity index (χ2v) is 12.3. The third kappa shape index (κ3) is 6.82. The van der Waals surface area contributed by atoms with E-state index in [1.807, 2.05) is 4.90 Å². The number of carbonyl (C=O) groups excluding carboxylic acids is 2. The summed E-state index contributed by atoms with van der Waals surface area (Å²) in [6.07, 6.45) is 8.33. The minimum atomic E-state index is -0.348. The van der Waals surface area contributed by atoms with Crippen LogP contribution in [0, 0.1) is 23.7 Å². The molecule has 2 aliphatic carbocycles. The van der Waals surface area contributed by atoms with Gasteiger partial charge in [-0.3, -0.25) is 14.5 Å². The van der Waals surface area contributed by atoms with E-state index in [9.17, 15) is 9.59 Å². The Balaban J connectivity index is 1.43. The first kappa shape index (κ1) is 25.6. The van der Waals surface area contributed by atoms with E-state index in [1.54, 1.807) is 11.3 Å². The van der Waals surface area contributed by atoms with Gasteiger partial charge in [0.15, 0.2) is 0 Å². The van der Waals surface area contributed by atoms with Gasteiger partial charge in [-0.05, 0) is 80.7 Å². The van der Waals surface area contributed by atoms with Gasteiger partial charge in [0.05, 0.1) is 0 Å². The van der Waals surface area contributed by atoms with E-state index >= 15 is 0 Å². The molecule has 3 unspecified atom stereocenters. The quantitative estimate of drug-likeness (QED) is 0.524. The van der Waals surface area contributed by atoms with Crippen molar-refractivity contribution < 1.29 is 9.59 Å². The lowest BCUT2D eigenvalue weighted by Gasteiger charge is -2.43. The van der Waals surface area contributed by atoms with Crippen molar-refractivity contribution in [1.29, 1.82) is 0 Å². The Labute approximate surface area is 209 Å². The first-order valence-corrected chi connectivity index (χ1v) is 14.4. The molecule has 6 nitrogen and oxygen atoms in total. The van der Waals surface area contributed by atoms with Crippen LogP contribution < -0.4 is 11.1 Å². The Morgan fingerprint density at radius 3 is 2.65 bits per heavy atom. The summed E-state index contributed by atoms with van der Waals surface area (Å²) in [5.41, 5.74) is 5.91. The van der Waals surface area contributed by atoms with Crippen molar-refractivity contribution in [3.8, 4) is 0 Å². The van der Waals surface area contributed by atoms with Gasteiger partial charge < -0.3 is 16.0 Å². The van der Waals surface area contributed by atoms with Crippen molar-refractivity contribution in [2.24, 2.45) is 29.4 Å². The maximum absolute atomic E-state index is 13.5. The fourth-order valence-corrected chi connectivity index (χ4v) is 6.66. The third-order valence-corrected chi connectivity index (χ3v) is 8.79. The Hall–Kier alpha value is -1.44.